The lowest BCUT2D eigenvalue weighted by Crippen LogP contribution is -2.45. The Labute approximate surface area is 139 Å². The van der Waals surface area contributed by atoms with E-state index >= 15 is 0 Å². The summed E-state index contributed by atoms with van der Waals surface area (Å²) in [7, 11) is 0. The summed E-state index contributed by atoms with van der Waals surface area (Å²) in [5.41, 5.74) is 3.06. The molecule has 1 heterocycles. The van der Waals surface area contributed by atoms with E-state index in [0.29, 0.717) is 5.92 Å². The zero-order valence-corrected chi connectivity index (χ0v) is 14.8. The standard InChI is InChI=1S/C19H28N2O2/c1-5-17-8-6-7-15(3)19(17)21(16(4)22)13-18(23)20-11-9-14(2)10-12-20/h6-8,14H,5,9-13H2,1-4H3. The summed E-state index contributed by atoms with van der Waals surface area (Å²) in [6, 6.07) is 6.03. The molecule has 2 rings (SSSR count). The number of piperidine rings is 1. The fourth-order valence-electron chi connectivity index (χ4n) is 3.23. The van der Waals surface area contributed by atoms with Gasteiger partial charge in [0, 0.05) is 20.0 Å². The van der Waals surface area contributed by atoms with Crippen LogP contribution in [-0.2, 0) is 16.0 Å². The lowest BCUT2D eigenvalue weighted by Gasteiger charge is -2.33. The van der Waals surface area contributed by atoms with Crippen molar-refractivity contribution in [3.05, 3.63) is 29.3 Å². The number of likely N-dealkylation sites (tertiary alicyclic amines) is 1. The first-order chi connectivity index (χ1) is 10.9. The van der Waals surface area contributed by atoms with Gasteiger partial charge in [0.25, 0.3) is 0 Å². The van der Waals surface area contributed by atoms with E-state index in [2.05, 4.69) is 13.8 Å². The van der Waals surface area contributed by atoms with Gasteiger partial charge in [0.2, 0.25) is 11.8 Å². The number of rotatable bonds is 4. The summed E-state index contributed by atoms with van der Waals surface area (Å²) in [6.07, 6.45) is 2.95. The molecule has 4 nitrogen and oxygen atoms in total. The average Bonchev–Trinajstić information content (AvgIpc) is 2.53. The Morgan fingerprint density at radius 2 is 1.91 bits per heavy atom. The Balaban J connectivity index is 2.20. The summed E-state index contributed by atoms with van der Waals surface area (Å²) >= 11 is 0. The van der Waals surface area contributed by atoms with Crippen LogP contribution in [0.15, 0.2) is 18.2 Å². The molecular weight excluding hydrogens is 288 g/mol. The van der Waals surface area contributed by atoms with E-state index in [9.17, 15) is 9.59 Å². The summed E-state index contributed by atoms with van der Waals surface area (Å²) in [6.45, 7) is 9.59. The molecule has 0 radical (unpaired) electrons. The van der Waals surface area contributed by atoms with Gasteiger partial charge < -0.3 is 9.80 Å². The van der Waals surface area contributed by atoms with E-state index in [1.165, 1.54) is 6.92 Å². The molecule has 0 bridgehead atoms. The van der Waals surface area contributed by atoms with Crippen molar-refractivity contribution in [2.75, 3.05) is 24.5 Å². The van der Waals surface area contributed by atoms with Crippen molar-refractivity contribution in [2.24, 2.45) is 5.92 Å². The van der Waals surface area contributed by atoms with Crippen molar-refractivity contribution in [3.8, 4) is 0 Å². The second-order valence-electron chi connectivity index (χ2n) is 6.60. The number of carbonyl (C=O) groups is 2. The van der Waals surface area contributed by atoms with Crippen molar-refractivity contribution in [2.45, 2.75) is 47.0 Å². The zero-order valence-electron chi connectivity index (χ0n) is 14.8. The number of nitrogens with zero attached hydrogens (tertiary/aromatic N) is 2. The Morgan fingerprint density at radius 3 is 2.48 bits per heavy atom. The van der Waals surface area contributed by atoms with E-state index < -0.39 is 0 Å². The van der Waals surface area contributed by atoms with E-state index in [-0.39, 0.29) is 18.4 Å². The molecule has 0 N–H and O–H groups in total. The van der Waals surface area contributed by atoms with Crippen LogP contribution in [0.25, 0.3) is 0 Å². The van der Waals surface area contributed by atoms with Gasteiger partial charge >= 0.3 is 0 Å². The van der Waals surface area contributed by atoms with Crippen LogP contribution >= 0.6 is 0 Å². The number of para-hydroxylation sites is 1. The van der Waals surface area contributed by atoms with Gasteiger partial charge in [-0.05, 0) is 43.2 Å². The summed E-state index contributed by atoms with van der Waals surface area (Å²) in [4.78, 5) is 28.4. The van der Waals surface area contributed by atoms with Crippen LogP contribution in [0, 0.1) is 12.8 Å². The van der Waals surface area contributed by atoms with E-state index in [1.54, 1.807) is 4.90 Å². The molecule has 1 aromatic rings. The van der Waals surface area contributed by atoms with Gasteiger partial charge in [-0.2, -0.15) is 0 Å². The highest BCUT2D eigenvalue weighted by Gasteiger charge is 2.25. The molecule has 2 amide bonds. The number of anilines is 1. The lowest BCUT2D eigenvalue weighted by atomic mass is 9.99. The first-order valence-corrected chi connectivity index (χ1v) is 8.58. The summed E-state index contributed by atoms with van der Waals surface area (Å²) in [5.74, 6) is 0.663. The molecule has 0 aromatic heterocycles. The smallest absolute Gasteiger partial charge is 0.242 e. The van der Waals surface area contributed by atoms with Crippen LogP contribution in [0.1, 0.15) is 44.7 Å². The quantitative estimate of drug-likeness (QED) is 0.856. The Morgan fingerprint density at radius 1 is 1.26 bits per heavy atom. The third-order valence-corrected chi connectivity index (χ3v) is 4.78. The van der Waals surface area contributed by atoms with Gasteiger partial charge in [-0.3, -0.25) is 9.59 Å². The molecule has 4 heteroatoms. The molecule has 0 spiro atoms. The van der Waals surface area contributed by atoms with E-state index in [1.807, 2.05) is 30.0 Å². The highest BCUT2D eigenvalue weighted by atomic mass is 16.2. The Bertz CT molecular complexity index is 575. The van der Waals surface area contributed by atoms with Gasteiger partial charge in [0.15, 0.2) is 0 Å². The van der Waals surface area contributed by atoms with Gasteiger partial charge in [0.1, 0.15) is 6.54 Å². The number of amides is 2. The number of hydrogen-bond acceptors (Lipinski definition) is 2. The highest BCUT2D eigenvalue weighted by molar-refractivity contribution is 5.98. The topological polar surface area (TPSA) is 40.6 Å². The second kappa shape index (κ2) is 7.62. The predicted molar refractivity (Wildman–Crippen MR) is 93.6 cm³/mol. The number of carbonyl (C=O) groups excluding carboxylic acids is 2. The normalized spacial score (nSPS) is 15.6. The van der Waals surface area contributed by atoms with Crippen LogP contribution in [0.4, 0.5) is 5.69 Å². The molecule has 0 atom stereocenters. The second-order valence-corrected chi connectivity index (χ2v) is 6.60. The van der Waals surface area contributed by atoms with Crippen molar-refractivity contribution < 1.29 is 9.59 Å². The van der Waals surface area contributed by atoms with Gasteiger partial charge in [0.05, 0.1) is 5.69 Å². The third kappa shape index (κ3) is 4.12. The molecule has 1 aliphatic heterocycles. The number of benzene rings is 1. The molecule has 1 aromatic carbocycles. The first kappa shape index (κ1) is 17.5. The van der Waals surface area contributed by atoms with Crippen molar-refractivity contribution in [1.29, 1.82) is 0 Å². The molecule has 126 valence electrons. The van der Waals surface area contributed by atoms with Crippen LogP contribution < -0.4 is 4.90 Å². The zero-order chi connectivity index (χ0) is 17.0. The molecule has 0 unspecified atom stereocenters. The fourth-order valence-corrected chi connectivity index (χ4v) is 3.23. The molecule has 23 heavy (non-hydrogen) atoms. The minimum Gasteiger partial charge on any atom is -0.341 e. The van der Waals surface area contributed by atoms with E-state index in [0.717, 1.165) is 49.2 Å². The lowest BCUT2D eigenvalue weighted by molar-refractivity contribution is -0.132. The van der Waals surface area contributed by atoms with Gasteiger partial charge in [-0.15, -0.1) is 0 Å². The van der Waals surface area contributed by atoms with Crippen LogP contribution in [0.2, 0.25) is 0 Å². The van der Waals surface area contributed by atoms with Crippen molar-refractivity contribution >= 4 is 17.5 Å². The molecule has 0 saturated carbocycles. The highest BCUT2D eigenvalue weighted by Crippen LogP contribution is 2.26. The average molecular weight is 316 g/mol. The van der Waals surface area contributed by atoms with Crippen LogP contribution in [-0.4, -0.2) is 36.3 Å². The Kier molecular flexibility index (Phi) is 5.80. The molecule has 1 fully saturated rings. The molecule has 0 aliphatic carbocycles. The van der Waals surface area contributed by atoms with Gasteiger partial charge in [-0.25, -0.2) is 0 Å². The first-order valence-electron chi connectivity index (χ1n) is 8.58. The van der Waals surface area contributed by atoms with Crippen molar-refractivity contribution in [3.63, 3.8) is 0 Å². The monoisotopic (exact) mass is 316 g/mol. The molecular formula is C19H28N2O2. The number of aryl methyl sites for hydroxylation is 2. The third-order valence-electron chi connectivity index (χ3n) is 4.78. The maximum atomic E-state index is 12.6. The molecule has 1 aliphatic rings. The minimum atomic E-state index is -0.0762. The Hall–Kier alpha value is -1.84. The largest absolute Gasteiger partial charge is 0.341 e. The van der Waals surface area contributed by atoms with Crippen molar-refractivity contribution in [1.82, 2.24) is 4.90 Å². The predicted octanol–water partition coefficient (Wildman–Crippen LogP) is 3.17. The maximum absolute atomic E-state index is 12.6. The molecule has 1 saturated heterocycles. The SMILES string of the molecule is CCc1cccc(C)c1N(CC(=O)N1CCC(C)CC1)C(C)=O. The summed E-state index contributed by atoms with van der Waals surface area (Å²) < 4.78 is 0. The fraction of sp³-hybridized carbons (Fsp3) is 0.579. The van der Waals surface area contributed by atoms with Crippen LogP contribution in [0.3, 0.4) is 0 Å². The van der Waals surface area contributed by atoms with Gasteiger partial charge in [-0.1, -0.05) is 32.0 Å². The van der Waals surface area contributed by atoms with Crippen LogP contribution in [0.5, 0.6) is 0 Å². The number of hydrogen-bond donors (Lipinski definition) is 0. The summed E-state index contributed by atoms with van der Waals surface area (Å²) in [5, 5.41) is 0. The minimum absolute atomic E-state index is 0.0532. The van der Waals surface area contributed by atoms with E-state index in [4.69, 9.17) is 0 Å². The maximum Gasteiger partial charge on any atom is 0.242 e.